The minimum atomic E-state index is 0.521. The van der Waals surface area contributed by atoms with Gasteiger partial charge in [0.25, 0.3) is 0 Å². The smallest absolute Gasteiger partial charge is 0.222 e. The second-order valence-electron chi connectivity index (χ2n) is 4.81. The lowest BCUT2D eigenvalue weighted by atomic mass is 10.3. The van der Waals surface area contributed by atoms with Crippen LogP contribution in [0.2, 0.25) is 0 Å². The van der Waals surface area contributed by atoms with Crippen molar-refractivity contribution in [3.8, 4) is 5.75 Å². The first kappa shape index (κ1) is 13.3. The molecule has 0 unspecified atom stereocenters. The van der Waals surface area contributed by atoms with Crippen molar-refractivity contribution in [2.24, 2.45) is 0 Å². The first-order valence-electron chi connectivity index (χ1n) is 6.85. The lowest BCUT2D eigenvalue weighted by Crippen LogP contribution is -2.03. The Morgan fingerprint density at radius 3 is 2.80 bits per heavy atom. The van der Waals surface area contributed by atoms with Crippen molar-refractivity contribution in [2.75, 3.05) is 18.1 Å². The van der Waals surface area contributed by atoms with E-state index in [1.54, 1.807) is 11.8 Å². The van der Waals surface area contributed by atoms with Gasteiger partial charge in [0, 0.05) is 11.8 Å². The van der Waals surface area contributed by atoms with Crippen LogP contribution < -0.4 is 10.5 Å². The molecule has 0 spiro atoms. The van der Waals surface area contributed by atoms with Crippen molar-refractivity contribution in [3.05, 3.63) is 30.3 Å². The van der Waals surface area contributed by atoms with E-state index in [1.165, 1.54) is 12.8 Å². The zero-order valence-electron chi connectivity index (χ0n) is 11.2. The Morgan fingerprint density at radius 2 is 2.05 bits per heavy atom. The number of aromatic nitrogens is 3. The summed E-state index contributed by atoms with van der Waals surface area (Å²) in [6.45, 7) is 0.712. The summed E-state index contributed by atoms with van der Waals surface area (Å²) in [6, 6.07) is 10.4. The SMILES string of the molecule is Nc1nnc(SCCCOc2ccccc2)n1C1CC1. The fourth-order valence-electron chi connectivity index (χ4n) is 1.99. The molecule has 6 heteroatoms. The molecule has 1 aromatic carbocycles. The number of anilines is 1. The van der Waals surface area contributed by atoms with Crippen LogP contribution in [0.25, 0.3) is 0 Å². The van der Waals surface area contributed by atoms with Gasteiger partial charge in [-0.05, 0) is 31.4 Å². The minimum Gasteiger partial charge on any atom is -0.494 e. The van der Waals surface area contributed by atoms with Crippen LogP contribution >= 0.6 is 11.8 Å². The number of thioether (sulfide) groups is 1. The predicted octanol–water partition coefficient (Wildman–Crippen LogP) is 2.76. The molecular weight excluding hydrogens is 272 g/mol. The third-order valence-corrected chi connectivity index (χ3v) is 4.16. The molecule has 106 valence electrons. The maximum absolute atomic E-state index is 5.84. The Hall–Kier alpha value is -1.69. The van der Waals surface area contributed by atoms with Gasteiger partial charge in [0.2, 0.25) is 5.95 Å². The van der Waals surface area contributed by atoms with Crippen LogP contribution in [-0.4, -0.2) is 27.1 Å². The van der Waals surface area contributed by atoms with E-state index in [9.17, 15) is 0 Å². The highest BCUT2D eigenvalue weighted by molar-refractivity contribution is 7.99. The van der Waals surface area contributed by atoms with Crippen molar-refractivity contribution in [1.82, 2.24) is 14.8 Å². The summed E-state index contributed by atoms with van der Waals surface area (Å²) in [5, 5.41) is 9.04. The van der Waals surface area contributed by atoms with Gasteiger partial charge in [0.1, 0.15) is 5.75 Å². The quantitative estimate of drug-likeness (QED) is 0.627. The molecule has 0 amide bonds. The number of para-hydroxylation sites is 1. The van der Waals surface area contributed by atoms with E-state index in [-0.39, 0.29) is 0 Å². The number of benzene rings is 1. The molecule has 0 saturated heterocycles. The van der Waals surface area contributed by atoms with Gasteiger partial charge in [0.15, 0.2) is 5.16 Å². The van der Waals surface area contributed by atoms with Crippen LogP contribution in [0.4, 0.5) is 5.95 Å². The first-order valence-corrected chi connectivity index (χ1v) is 7.84. The van der Waals surface area contributed by atoms with Gasteiger partial charge in [-0.2, -0.15) is 0 Å². The Morgan fingerprint density at radius 1 is 1.25 bits per heavy atom. The second kappa shape index (κ2) is 6.17. The monoisotopic (exact) mass is 290 g/mol. The summed E-state index contributed by atoms with van der Waals surface area (Å²) >= 11 is 1.70. The topological polar surface area (TPSA) is 66.0 Å². The molecule has 2 N–H and O–H groups in total. The highest BCUT2D eigenvalue weighted by Crippen LogP contribution is 2.39. The van der Waals surface area contributed by atoms with Gasteiger partial charge in [-0.3, -0.25) is 4.57 Å². The third kappa shape index (κ3) is 3.25. The number of hydrogen-bond acceptors (Lipinski definition) is 5. The average molecular weight is 290 g/mol. The highest BCUT2D eigenvalue weighted by Gasteiger charge is 2.28. The largest absolute Gasteiger partial charge is 0.494 e. The maximum atomic E-state index is 5.84. The van der Waals surface area contributed by atoms with Crippen LogP contribution in [0.15, 0.2) is 35.5 Å². The number of ether oxygens (including phenoxy) is 1. The van der Waals surface area contributed by atoms with E-state index < -0.39 is 0 Å². The van der Waals surface area contributed by atoms with Crippen LogP contribution in [0.5, 0.6) is 5.75 Å². The van der Waals surface area contributed by atoms with Crippen molar-refractivity contribution < 1.29 is 4.74 Å². The van der Waals surface area contributed by atoms with Gasteiger partial charge in [-0.1, -0.05) is 30.0 Å². The van der Waals surface area contributed by atoms with E-state index in [0.29, 0.717) is 18.6 Å². The number of nitrogen functional groups attached to an aromatic ring is 1. The van der Waals surface area contributed by atoms with Crippen LogP contribution in [0.1, 0.15) is 25.3 Å². The molecule has 0 radical (unpaired) electrons. The van der Waals surface area contributed by atoms with Crippen molar-refractivity contribution >= 4 is 17.7 Å². The van der Waals surface area contributed by atoms with Gasteiger partial charge in [-0.25, -0.2) is 0 Å². The molecule has 1 aliphatic carbocycles. The van der Waals surface area contributed by atoms with E-state index in [2.05, 4.69) is 14.8 Å². The molecule has 0 atom stereocenters. The predicted molar refractivity (Wildman–Crippen MR) is 80.0 cm³/mol. The molecule has 5 nitrogen and oxygen atoms in total. The molecule has 0 bridgehead atoms. The molecule has 2 aromatic rings. The fourth-order valence-corrected chi connectivity index (χ4v) is 2.92. The standard InChI is InChI=1S/C14H18N4OS/c15-13-16-17-14(18(13)11-7-8-11)20-10-4-9-19-12-5-2-1-3-6-12/h1-3,5-6,11H,4,7-10H2,(H2,15,16). The molecule has 1 fully saturated rings. The average Bonchev–Trinajstić information content (AvgIpc) is 3.24. The first-order chi connectivity index (χ1) is 9.84. The van der Waals surface area contributed by atoms with E-state index in [1.807, 2.05) is 30.3 Å². The summed E-state index contributed by atoms with van der Waals surface area (Å²) in [5.74, 6) is 2.41. The molecule has 20 heavy (non-hydrogen) atoms. The normalized spacial score (nSPS) is 14.4. The summed E-state index contributed by atoms with van der Waals surface area (Å²) in [4.78, 5) is 0. The molecule has 1 aromatic heterocycles. The van der Waals surface area contributed by atoms with Crippen LogP contribution in [0.3, 0.4) is 0 Å². The Balaban J connectivity index is 1.42. The van der Waals surface area contributed by atoms with Crippen molar-refractivity contribution in [2.45, 2.75) is 30.5 Å². The zero-order chi connectivity index (χ0) is 13.8. The van der Waals surface area contributed by atoms with Gasteiger partial charge < -0.3 is 10.5 Å². The van der Waals surface area contributed by atoms with E-state index in [4.69, 9.17) is 10.5 Å². The highest BCUT2D eigenvalue weighted by atomic mass is 32.2. The summed E-state index contributed by atoms with van der Waals surface area (Å²) in [5.41, 5.74) is 5.84. The lowest BCUT2D eigenvalue weighted by molar-refractivity contribution is 0.318. The summed E-state index contributed by atoms with van der Waals surface area (Å²) in [6.07, 6.45) is 3.34. The Bertz CT molecular complexity index is 554. The Kier molecular flexibility index (Phi) is 4.11. The zero-order valence-corrected chi connectivity index (χ0v) is 12.1. The minimum absolute atomic E-state index is 0.521. The fraction of sp³-hybridized carbons (Fsp3) is 0.429. The van der Waals surface area contributed by atoms with Gasteiger partial charge in [-0.15, -0.1) is 10.2 Å². The number of hydrogen-bond donors (Lipinski definition) is 1. The second-order valence-corrected chi connectivity index (χ2v) is 5.87. The van der Waals surface area contributed by atoms with Crippen LogP contribution in [-0.2, 0) is 0 Å². The summed E-state index contributed by atoms with van der Waals surface area (Å²) < 4.78 is 7.72. The summed E-state index contributed by atoms with van der Waals surface area (Å²) in [7, 11) is 0. The van der Waals surface area contributed by atoms with Crippen molar-refractivity contribution in [1.29, 1.82) is 0 Å². The number of rotatable bonds is 7. The molecular formula is C14H18N4OS. The van der Waals surface area contributed by atoms with Gasteiger partial charge in [0.05, 0.1) is 6.61 Å². The Labute approximate surface area is 122 Å². The number of nitrogens with zero attached hydrogens (tertiary/aromatic N) is 3. The van der Waals surface area contributed by atoms with Crippen LogP contribution in [0, 0.1) is 0 Å². The molecule has 1 aliphatic rings. The van der Waals surface area contributed by atoms with Gasteiger partial charge >= 0.3 is 0 Å². The third-order valence-electron chi connectivity index (χ3n) is 3.13. The molecule has 0 aliphatic heterocycles. The molecule has 1 heterocycles. The van der Waals surface area contributed by atoms with E-state index >= 15 is 0 Å². The lowest BCUT2D eigenvalue weighted by Gasteiger charge is -2.07. The van der Waals surface area contributed by atoms with E-state index in [0.717, 1.165) is 23.1 Å². The molecule has 1 saturated carbocycles. The number of nitrogens with two attached hydrogens (primary N) is 1. The molecule has 3 rings (SSSR count). The maximum Gasteiger partial charge on any atom is 0.222 e. The van der Waals surface area contributed by atoms with Crippen molar-refractivity contribution in [3.63, 3.8) is 0 Å².